The fraction of sp³-hybridized carbons (Fsp3) is 0.269. The van der Waals surface area contributed by atoms with Crippen molar-refractivity contribution < 1.29 is 19.5 Å². The fourth-order valence-electron chi connectivity index (χ4n) is 4.06. The molecule has 1 amide bonds. The number of carbonyl (C=O) groups excluding carboxylic acids is 3. The Morgan fingerprint density at radius 2 is 1.55 bits per heavy atom. The Morgan fingerprint density at radius 3 is 2.18 bits per heavy atom. The van der Waals surface area contributed by atoms with Crippen LogP contribution in [0.5, 0.6) is 5.75 Å². The molecule has 1 unspecified atom stereocenters. The molecule has 0 bridgehead atoms. The molecule has 0 fully saturated rings. The van der Waals surface area contributed by atoms with Gasteiger partial charge in [-0.05, 0) is 69.5 Å². The van der Waals surface area contributed by atoms with Crippen LogP contribution in [0.15, 0.2) is 64.8 Å². The predicted molar refractivity (Wildman–Crippen MR) is 130 cm³/mol. The Morgan fingerprint density at radius 1 is 0.939 bits per heavy atom. The van der Waals surface area contributed by atoms with E-state index in [1.54, 1.807) is 57.2 Å². The van der Waals surface area contributed by atoms with E-state index in [2.05, 4.69) is 5.32 Å². The number of halogens is 2. The molecule has 0 heterocycles. The highest BCUT2D eigenvalue weighted by Crippen LogP contribution is 2.39. The first-order valence-electron chi connectivity index (χ1n) is 10.6. The van der Waals surface area contributed by atoms with Crippen molar-refractivity contribution in [2.24, 2.45) is 0 Å². The quantitative estimate of drug-likeness (QED) is 0.383. The molecule has 7 heteroatoms. The molecule has 0 spiro atoms. The largest absolute Gasteiger partial charge is 0.507 e. The Bertz CT molecular complexity index is 1180. The van der Waals surface area contributed by atoms with Gasteiger partial charge in [-0.3, -0.25) is 14.4 Å². The lowest BCUT2D eigenvalue weighted by Gasteiger charge is -2.26. The van der Waals surface area contributed by atoms with Crippen molar-refractivity contribution in [3.63, 3.8) is 0 Å². The van der Waals surface area contributed by atoms with Crippen LogP contribution in [0, 0.1) is 0 Å². The molecule has 0 saturated heterocycles. The SMILES string of the molecule is CC1=C(C)C(=O)C(C(CCCNC(=O)c2ccccc2O)c2cc(Cl)cc(Cl)c2)=C(C)C1=O. The smallest absolute Gasteiger partial charge is 0.255 e. The van der Waals surface area contributed by atoms with Gasteiger partial charge in [0, 0.05) is 44.8 Å². The summed E-state index contributed by atoms with van der Waals surface area (Å²) in [5, 5.41) is 13.5. The zero-order valence-electron chi connectivity index (χ0n) is 18.7. The topological polar surface area (TPSA) is 83.5 Å². The fourth-order valence-corrected chi connectivity index (χ4v) is 4.60. The molecule has 1 aliphatic carbocycles. The summed E-state index contributed by atoms with van der Waals surface area (Å²) >= 11 is 12.5. The lowest BCUT2D eigenvalue weighted by Crippen LogP contribution is -2.27. The second-order valence-electron chi connectivity index (χ2n) is 8.12. The van der Waals surface area contributed by atoms with Gasteiger partial charge in [-0.25, -0.2) is 0 Å². The van der Waals surface area contributed by atoms with Gasteiger partial charge in [0.15, 0.2) is 11.6 Å². The van der Waals surface area contributed by atoms with Crippen molar-refractivity contribution in [2.45, 2.75) is 39.5 Å². The normalized spacial score (nSPS) is 15.2. The molecule has 2 aromatic rings. The van der Waals surface area contributed by atoms with Crippen LogP contribution in [0.1, 0.15) is 55.5 Å². The van der Waals surface area contributed by atoms with Crippen LogP contribution >= 0.6 is 23.2 Å². The lowest BCUT2D eigenvalue weighted by atomic mass is 9.76. The number of ketones is 2. The molecule has 2 aromatic carbocycles. The summed E-state index contributed by atoms with van der Waals surface area (Å²) in [4.78, 5) is 38.4. The zero-order valence-corrected chi connectivity index (χ0v) is 20.2. The van der Waals surface area contributed by atoms with E-state index >= 15 is 0 Å². The number of phenolic OH excluding ortho intramolecular Hbond substituents is 1. The number of phenols is 1. The van der Waals surface area contributed by atoms with Crippen LogP contribution < -0.4 is 5.32 Å². The highest BCUT2D eigenvalue weighted by atomic mass is 35.5. The maximum absolute atomic E-state index is 13.2. The van der Waals surface area contributed by atoms with Crippen LogP contribution in [0.3, 0.4) is 0 Å². The molecule has 5 nitrogen and oxygen atoms in total. The molecule has 0 aromatic heterocycles. The number of carbonyl (C=O) groups is 3. The number of hydrogen-bond acceptors (Lipinski definition) is 4. The minimum atomic E-state index is -0.414. The molecule has 1 aliphatic rings. The maximum atomic E-state index is 13.2. The van der Waals surface area contributed by atoms with Gasteiger partial charge >= 0.3 is 0 Å². The Balaban J connectivity index is 1.85. The number of allylic oxidation sites excluding steroid dienone is 4. The minimum absolute atomic E-state index is 0.0915. The number of hydrogen-bond donors (Lipinski definition) is 2. The molecule has 172 valence electrons. The van der Waals surface area contributed by atoms with E-state index in [9.17, 15) is 19.5 Å². The summed E-state index contributed by atoms with van der Waals surface area (Å²) in [6.45, 7) is 5.32. The van der Waals surface area contributed by atoms with Crippen LogP contribution in [0.25, 0.3) is 0 Å². The van der Waals surface area contributed by atoms with Crippen LogP contribution in [-0.2, 0) is 9.59 Å². The average molecular weight is 486 g/mol. The van der Waals surface area contributed by atoms with Crippen LogP contribution in [0.4, 0.5) is 0 Å². The van der Waals surface area contributed by atoms with Crippen LogP contribution in [0.2, 0.25) is 10.0 Å². The molecule has 0 saturated carbocycles. The zero-order chi connectivity index (χ0) is 24.3. The third-order valence-electron chi connectivity index (χ3n) is 5.97. The van der Waals surface area contributed by atoms with E-state index in [1.807, 2.05) is 0 Å². The summed E-state index contributed by atoms with van der Waals surface area (Å²) in [6, 6.07) is 11.4. The molecular weight excluding hydrogens is 461 g/mol. The summed E-state index contributed by atoms with van der Waals surface area (Å²) in [7, 11) is 0. The van der Waals surface area contributed by atoms with E-state index in [-0.39, 0.29) is 28.8 Å². The second kappa shape index (κ2) is 10.4. The number of amides is 1. The van der Waals surface area contributed by atoms with Gasteiger partial charge in [-0.2, -0.15) is 0 Å². The van der Waals surface area contributed by atoms with Crippen LogP contribution in [-0.4, -0.2) is 29.1 Å². The average Bonchev–Trinajstić information content (AvgIpc) is 2.77. The number of rotatable bonds is 7. The van der Waals surface area contributed by atoms with Crippen molar-refractivity contribution >= 4 is 40.7 Å². The third-order valence-corrected chi connectivity index (χ3v) is 6.41. The summed E-state index contributed by atoms with van der Waals surface area (Å²) in [5.41, 5.74) is 2.68. The first-order chi connectivity index (χ1) is 15.6. The van der Waals surface area contributed by atoms with Gasteiger partial charge in [-0.1, -0.05) is 35.3 Å². The molecule has 0 aliphatic heterocycles. The first kappa shape index (κ1) is 24.7. The molecule has 3 rings (SSSR count). The van der Waals surface area contributed by atoms with Gasteiger partial charge in [0.05, 0.1) is 5.56 Å². The number of Topliss-reactive ketones (excluding diaryl/α,β-unsaturated/α-hetero) is 2. The highest BCUT2D eigenvalue weighted by molar-refractivity contribution is 6.34. The number of para-hydroxylation sites is 1. The second-order valence-corrected chi connectivity index (χ2v) is 8.99. The Hall–Kier alpha value is -2.89. The van der Waals surface area contributed by atoms with E-state index in [0.717, 1.165) is 5.56 Å². The Kier molecular flexibility index (Phi) is 7.77. The van der Waals surface area contributed by atoms with Gasteiger partial charge < -0.3 is 10.4 Å². The van der Waals surface area contributed by atoms with Crippen molar-refractivity contribution in [2.75, 3.05) is 6.54 Å². The minimum Gasteiger partial charge on any atom is -0.507 e. The van der Waals surface area contributed by atoms with Crippen molar-refractivity contribution in [1.82, 2.24) is 5.32 Å². The van der Waals surface area contributed by atoms with Gasteiger partial charge in [0.25, 0.3) is 5.91 Å². The van der Waals surface area contributed by atoms with E-state index < -0.39 is 5.92 Å². The van der Waals surface area contributed by atoms with Gasteiger partial charge in [-0.15, -0.1) is 0 Å². The summed E-state index contributed by atoms with van der Waals surface area (Å²) in [5.74, 6) is -1.20. The van der Waals surface area contributed by atoms with Gasteiger partial charge in [0.2, 0.25) is 0 Å². The Labute approximate surface area is 203 Å². The van der Waals surface area contributed by atoms with Gasteiger partial charge in [0.1, 0.15) is 5.75 Å². The third kappa shape index (κ3) is 5.37. The number of nitrogens with one attached hydrogen (secondary N) is 1. The van der Waals surface area contributed by atoms with Crippen molar-refractivity contribution in [3.05, 3.63) is 85.9 Å². The van der Waals surface area contributed by atoms with E-state index in [1.165, 1.54) is 6.07 Å². The van der Waals surface area contributed by atoms with E-state index in [0.29, 0.717) is 51.7 Å². The standard InChI is InChI=1S/C26H25Cl2NO4/c1-14-15(2)25(32)23(16(3)24(14)31)20(17-11-18(27)13-19(28)12-17)8-6-10-29-26(33)21-7-4-5-9-22(21)30/h4-5,7,9,11-13,20,30H,6,8,10H2,1-3H3,(H,29,33). The first-order valence-corrected chi connectivity index (χ1v) is 11.4. The number of benzene rings is 2. The molecule has 1 atom stereocenters. The molecule has 33 heavy (non-hydrogen) atoms. The molecule has 0 radical (unpaired) electrons. The molecular formula is C26H25Cl2NO4. The summed E-state index contributed by atoms with van der Waals surface area (Å²) < 4.78 is 0. The number of aromatic hydroxyl groups is 1. The lowest BCUT2D eigenvalue weighted by molar-refractivity contribution is -0.116. The van der Waals surface area contributed by atoms with E-state index in [4.69, 9.17) is 23.2 Å². The predicted octanol–water partition coefficient (Wildman–Crippen LogP) is 5.80. The molecule has 2 N–H and O–H groups in total. The van der Waals surface area contributed by atoms with Crippen molar-refractivity contribution in [3.8, 4) is 5.75 Å². The maximum Gasteiger partial charge on any atom is 0.255 e. The summed E-state index contributed by atoms with van der Waals surface area (Å²) in [6.07, 6.45) is 1.00. The highest BCUT2D eigenvalue weighted by Gasteiger charge is 2.33. The monoisotopic (exact) mass is 485 g/mol. The van der Waals surface area contributed by atoms with Crippen molar-refractivity contribution in [1.29, 1.82) is 0 Å².